The van der Waals surface area contributed by atoms with E-state index in [-0.39, 0.29) is 0 Å². The minimum atomic E-state index is 0.525. The maximum atomic E-state index is 5.72. The first kappa shape index (κ1) is 11.2. The van der Waals surface area contributed by atoms with Gasteiger partial charge in [0, 0.05) is 12.7 Å². The smallest absolute Gasteiger partial charge is 0.129 e. The Kier molecular flexibility index (Phi) is 3.59. The first-order chi connectivity index (χ1) is 7.74. The fourth-order valence-electron chi connectivity index (χ4n) is 1.54. The Morgan fingerprint density at radius 2 is 2.19 bits per heavy atom. The lowest BCUT2D eigenvalue weighted by Crippen LogP contribution is -2.16. The highest BCUT2D eigenvalue weighted by Gasteiger charge is 2.03. The summed E-state index contributed by atoms with van der Waals surface area (Å²) in [6, 6.07) is 7.65. The standard InChI is InChI=1S/C12H13ClN2O/c1-15(9-11-3-2-6-16-11)8-10-4-5-12(13)14-7-10/h2-7H,8-9H2,1H3. The molecule has 0 spiro atoms. The number of aromatic nitrogens is 1. The molecule has 2 aromatic rings. The average molecular weight is 237 g/mol. The van der Waals surface area contributed by atoms with Gasteiger partial charge in [-0.1, -0.05) is 17.7 Å². The third-order valence-electron chi connectivity index (χ3n) is 2.25. The van der Waals surface area contributed by atoms with E-state index in [0.29, 0.717) is 5.15 Å². The van der Waals surface area contributed by atoms with Gasteiger partial charge in [0.15, 0.2) is 0 Å². The largest absolute Gasteiger partial charge is 0.468 e. The van der Waals surface area contributed by atoms with Gasteiger partial charge in [0.25, 0.3) is 0 Å². The average Bonchev–Trinajstić information content (AvgIpc) is 2.74. The summed E-state index contributed by atoms with van der Waals surface area (Å²) in [6.07, 6.45) is 3.48. The summed E-state index contributed by atoms with van der Waals surface area (Å²) >= 11 is 5.72. The molecule has 2 heterocycles. The maximum Gasteiger partial charge on any atom is 0.129 e. The third kappa shape index (κ3) is 3.08. The minimum Gasteiger partial charge on any atom is -0.468 e. The molecule has 4 heteroatoms. The van der Waals surface area contributed by atoms with Gasteiger partial charge in [-0.3, -0.25) is 4.90 Å². The molecule has 2 aromatic heterocycles. The van der Waals surface area contributed by atoms with Crippen LogP contribution >= 0.6 is 11.6 Å². The quantitative estimate of drug-likeness (QED) is 0.765. The van der Waals surface area contributed by atoms with E-state index in [1.54, 1.807) is 18.5 Å². The van der Waals surface area contributed by atoms with Crippen molar-refractivity contribution in [2.24, 2.45) is 0 Å². The molecule has 0 aliphatic heterocycles. The fourth-order valence-corrected chi connectivity index (χ4v) is 1.65. The molecule has 0 unspecified atom stereocenters. The van der Waals surface area contributed by atoms with E-state index in [1.807, 2.05) is 25.2 Å². The predicted octanol–water partition coefficient (Wildman–Crippen LogP) is 2.96. The molecular weight excluding hydrogens is 224 g/mol. The van der Waals surface area contributed by atoms with Gasteiger partial charge in [0.1, 0.15) is 10.9 Å². The Morgan fingerprint density at radius 1 is 1.31 bits per heavy atom. The van der Waals surface area contributed by atoms with Crippen LogP contribution in [0.25, 0.3) is 0 Å². The van der Waals surface area contributed by atoms with E-state index in [4.69, 9.17) is 16.0 Å². The van der Waals surface area contributed by atoms with Crippen molar-refractivity contribution in [2.75, 3.05) is 7.05 Å². The van der Waals surface area contributed by atoms with Crippen LogP contribution in [0.5, 0.6) is 0 Å². The van der Waals surface area contributed by atoms with Crippen molar-refractivity contribution in [3.8, 4) is 0 Å². The van der Waals surface area contributed by atoms with Crippen LogP contribution in [0.3, 0.4) is 0 Å². The van der Waals surface area contributed by atoms with E-state index in [0.717, 1.165) is 24.4 Å². The molecule has 0 saturated heterocycles. The van der Waals surface area contributed by atoms with Crippen molar-refractivity contribution in [3.05, 3.63) is 53.2 Å². The molecule has 2 rings (SSSR count). The van der Waals surface area contributed by atoms with Crippen LogP contribution < -0.4 is 0 Å². The van der Waals surface area contributed by atoms with Crippen LogP contribution in [0.4, 0.5) is 0 Å². The van der Waals surface area contributed by atoms with Gasteiger partial charge >= 0.3 is 0 Å². The zero-order valence-corrected chi connectivity index (χ0v) is 9.81. The maximum absolute atomic E-state index is 5.72. The fraction of sp³-hybridized carbons (Fsp3) is 0.250. The molecule has 0 aromatic carbocycles. The molecule has 16 heavy (non-hydrogen) atoms. The van der Waals surface area contributed by atoms with Crippen LogP contribution in [-0.4, -0.2) is 16.9 Å². The molecule has 0 radical (unpaired) electrons. The Morgan fingerprint density at radius 3 is 2.81 bits per heavy atom. The molecule has 0 bridgehead atoms. The Bertz CT molecular complexity index is 425. The Labute approximate surface area is 99.7 Å². The van der Waals surface area contributed by atoms with Crippen molar-refractivity contribution in [1.82, 2.24) is 9.88 Å². The summed E-state index contributed by atoms with van der Waals surface area (Å²) in [5, 5.41) is 0.525. The van der Waals surface area contributed by atoms with Crippen molar-refractivity contribution < 1.29 is 4.42 Å². The first-order valence-corrected chi connectivity index (χ1v) is 5.43. The minimum absolute atomic E-state index is 0.525. The number of pyridine rings is 1. The van der Waals surface area contributed by atoms with Gasteiger partial charge in [-0.2, -0.15) is 0 Å². The highest BCUT2D eigenvalue weighted by molar-refractivity contribution is 6.29. The number of rotatable bonds is 4. The van der Waals surface area contributed by atoms with Crippen LogP contribution in [-0.2, 0) is 13.1 Å². The third-order valence-corrected chi connectivity index (χ3v) is 2.47. The molecule has 3 nitrogen and oxygen atoms in total. The number of furan rings is 1. The van der Waals surface area contributed by atoms with Crippen molar-refractivity contribution in [1.29, 1.82) is 0 Å². The molecule has 0 N–H and O–H groups in total. The molecule has 0 atom stereocenters. The van der Waals surface area contributed by atoms with Gasteiger partial charge in [0.2, 0.25) is 0 Å². The normalized spacial score (nSPS) is 10.9. The molecule has 0 amide bonds. The van der Waals surface area contributed by atoms with E-state index >= 15 is 0 Å². The summed E-state index contributed by atoms with van der Waals surface area (Å²) in [5.41, 5.74) is 1.14. The lowest BCUT2D eigenvalue weighted by molar-refractivity contribution is 0.287. The number of hydrogen-bond donors (Lipinski definition) is 0. The second-order valence-electron chi connectivity index (χ2n) is 3.74. The Balaban J connectivity index is 1.92. The lowest BCUT2D eigenvalue weighted by atomic mass is 10.2. The van der Waals surface area contributed by atoms with Crippen LogP contribution in [0.1, 0.15) is 11.3 Å². The second-order valence-corrected chi connectivity index (χ2v) is 4.13. The van der Waals surface area contributed by atoms with Crippen LogP contribution in [0, 0.1) is 0 Å². The Hall–Kier alpha value is -1.32. The highest BCUT2D eigenvalue weighted by Crippen LogP contribution is 2.10. The molecule has 0 saturated carbocycles. The first-order valence-electron chi connectivity index (χ1n) is 5.05. The summed E-state index contributed by atoms with van der Waals surface area (Å²) in [6.45, 7) is 1.61. The second kappa shape index (κ2) is 5.14. The zero-order valence-electron chi connectivity index (χ0n) is 9.06. The summed E-state index contributed by atoms with van der Waals surface area (Å²) in [7, 11) is 2.04. The van der Waals surface area contributed by atoms with Crippen molar-refractivity contribution >= 4 is 11.6 Å². The van der Waals surface area contributed by atoms with Crippen molar-refractivity contribution in [2.45, 2.75) is 13.1 Å². The van der Waals surface area contributed by atoms with E-state index in [2.05, 4.69) is 9.88 Å². The van der Waals surface area contributed by atoms with Gasteiger partial charge in [-0.15, -0.1) is 0 Å². The monoisotopic (exact) mass is 236 g/mol. The van der Waals surface area contributed by atoms with Crippen LogP contribution in [0.2, 0.25) is 5.15 Å². The number of halogens is 1. The SMILES string of the molecule is CN(Cc1ccc(Cl)nc1)Cc1ccco1. The number of nitrogens with zero attached hydrogens (tertiary/aromatic N) is 2. The molecule has 0 aliphatic rings. The molecule has 0 aliphatic carbocycles. The molecule has 0 fully saturated rings. The van der Waals surface area contributed by atoms with Gasteiger partial charge < -0.3 is 4.42 Å². The van der Waals surface area contributed by atoms with E-state index in [1.165, 1.54) is 0 Å². The van der Waals surface area contributed by atoms with Crippen LogP contribution in [0.15, 0.2) is 41.1 Å². The predicted molar refractivity (Wildman–Crippen MR) is 63.1 cm³/mol. The van der Waals surface area contributed by atoms with E-state index < -0.39 is 0 Å². The summed E-state index contributed by atoms with van der Waals surface area (Å²) in [5.74, 6) is 0.962. The van der Waals surface area contributed by atoms with Gasteiger partial charge in [-0.25, -0.2) is 4.98 Å². The topological polar surface area (TPSA) is 29.3 Å². The highest BCUT2D eigenvalue weighted by atomic mass is 35.5. The molecule has 84 valence electrons. The number of hydrogen-bond acceptors (Lipinski definition) is 3. The van der Waals surface area contributed by atoms with Crippen molar-refractivity contribution in [3.63, 3.8) is 0 Å². The van der Waals surface area contributed by atoms with E-state index in [9.17, 15) is 0 Å². The summed E-state index contributed by atoms with van der Waals surface area (Å²) in [4.78, 5) is 6.20. The summed E-state index contributed by atoms with van der Waals surface area (Å²) < 4.78 is 5.28. The van der Waals surface area contributed by atoms with Gasteiger partial charge in [-0.05, 0) is 30.8 Å². The lowest BCUT2D eigenvalue weighted by Gasteiger charge is -2.14. The molecular formula is C12H13ClN2O. The zero-order chi connectivity index (χ0) is 11.4. The van der Waals surface area contributed by atoms with Gasteiger partial charge in [0.05, 0.1) is 12.8 Å².